The Balaban J connectivity index is 3.34. The maximum Gasteiger partial charge on any atom is 0.315 e. The lowest BCUT2D eigenvalue weighted by Gasteiger charge is -2.03. The highest BCUT2D eigenvalue weighted by Gasteiger charge is 2.04. The van der Waals surface area contributed by atoms with Gasteiger partial charge in [0.05, 0.1) is 18.1 Å². The Morgan fingerprint density at radius 1 is 1.27 bits per heavy atom. The Kier molecular flexibility index (Phi) is 9.36. The van der Waals surface area contributed by atoms with Crippen LogP contribution < -0.4 is 5.32 Å². The van der Waals surface area contributed by atoms with Crippen LogP contribution in [0.5, 0.6) is 0 Å². The van der Waals surface area contributed by atoms with Gasteiger partial charge in [0.25, 0.3) is 0 Å². The summed E-state index contributed by atoms with van der Waals surface area (Å²) in [5.41, 5.74) is 0. The SMILES string of the molecule is CCCCNC(=O)CSCC(=O)OCC. The van der Waals surface area contributed by atoms with Crippen LogP contribution in [0.2, 0.25) is 0 Å². The minimum absolute atomic E-state index is 0.0160. The predicted octanol–water partition coefficient (Wildman–Crippen LogP) is 1.20. The molecule has 0 aliphatic heterocycles. The number of hydrogen-bond acceptors (Lipinski definition) is 4. The average Bonchev–Trinajstić information content (AvgIpc) is 2.18. The van der Waals surface area contributed by atoms with E-state index in [0.717, 1.165) is 19.4 Å². The van der Waals surface area contributed by atoms with E-state index in [2.05, 4.69) is 12.2 Å². The van der Waals surface area contributed by atoms with E-state index < -0.39 is 0 Å². The van der Waals surface area contributed by atoms with Crippen molar-refractivity contribution in [2.24, 2.45) is 0 Å². The molecule has 0 saturated carbocycles. The van der Waals surface area contributed by atoms with Crippen LogP contribution in [-0.4, -0.2) is 36.5 Å². The lowest BCUT2D eigenvalue weighted by Crippen LogP contribution is -2.26. The fourth-order valence-electron chi connectivity index (χ4n) is 0.885. The number of thioether (sulfide) groups is 1. The molecule has 0 rings (SSSR count). The summed E-state index contributed by atoms with van der Waals surface area (Å²) in [4.78, 5) is 22.1. The van der Waals surface area contributed by atoms with Crippen molar-refractivity contribution in [3.05, 3.63) is 0 Å². The van der Waals surface area contributed by atoms with E-state index in [1.165, 1.54) is 11.8 Å². The third kappa shape index (κ3) is 9.59. The maximum atomic E-state index is 11.2. The lowest BCUT2D eigenvalue weighted by atomic mass is 10.3. The van der Waals surface area contributed by atoms with Gasteiger partial charge in [-0.25, -0.2) is 0 Å². The molecule has 0 radical (unpaired) electrons. The molecule has 5 heteroatoms. The van der Waals surface area contributed by atoms with Crippen LogP contribution in [0, 0.1) is 0 Å². The summed E-state index contributed by atoms with van der Waals surface area (Å²) in [7, 11) is 0. The van der Waals surface area contributed by atoms with Crippen LogP contribution in [0.3, 0.4) is 0 Å². The normalized spacial score (nSPS) is 9.73. The van der Waals surface area contributed by atoms with Gasteiger partial charge in [0.2, 0.25) is 5.91 Å². The number of rotatable bonds is 8. The van der Waals surface area contributed by atoms with Crippen LogP contribution in [-0.2, 0) is 14.3 Å². The summed E-state index contributed by atoms with van der Waals surface area (Å²) in [6.45, 7) is 4.94. The van der Waals surface area contributed by atoms with Gasteiger partial charge in [0, 0.05) is 6.54 Å². The van der Waals surface area contributed by atoms with Gasteiger partial charge in [0.15, 0.2) is 0 Å². The van der Waals surface area contributed by atoms with Crippen molar-refractivity contribution in [2.75, 3.05) is 24.7 Å². The third-order valence-electron chi connectivity index (χ3n) is 1.61. The summed E-state index contributed by atoms with van der Waals surface area (Å²) >= 11 is 1.28. The number of amides is 1. The molecule has 0 aromatic carbocycles. The highest BCUT2D eigenvalue weighted by atomic mass is 32.2. The van der Waals surface area contributed by atoms with Crippen LogP contribution in [0.15, 0.2) is 0 Å². The highest BCUT2D eigenvalue weighted by molar-refractivity contribution is 8.00. The number of ether oxygens (including phenoxy) is 1. The quantitative estimate of drug-likeness (QED) is 0.505. The number of carbonyl (C=O) groups excluding carboxylic acids is 2. The van der Waals surface area contributed by atoms with Gasteiger partial charge in [-0.05, 0) is 13.3 Å². The van der Waals surface area contributed by atoms with E-state index in [9.17, 15) is 9.59 Å². The fourth-order valence-corrected chi connectivity index (χ4v) is 1.52. The molecule has 4 nitrogen and oxygen atoms in total. The van der Waals surface area contributed by atoms with Gasteiger partial charge < -0.3 is 10.1 Å². The first-order valence-corrected chi connectivity index (χ1v) is 6.36. The molecule has 88 valence electrons. The molecule has 0 saturated heterocycles. The van der Waals surface area contributed by atoms with Crippen molar-refractivity contribution < 1.29 is 14.3 Å². The second-order valence-electron chi connectivity index (χ2n) is 3.00. The Bertz CT molecular complexity index is 197. The molecule has 0 atom stereocenters. The molecule has 0 heterocycles. The first-order valence-electron chi connectivity index (χ1n) is 5.20. The summed E-state index contributed by atoms with van der Waals surface area (Å²) in [5, 5.41) is 2.78. The molecule has 1 N–H and O–H groups in total. The highest BCUT2D eigenvalue weighted by Crippen LogP contribution is 2.00. The zero-order valence-corrected chi connectivity index (χ0v) is 10.2. The monoisotopic (exact) mass is 233 g/mol. The van der Waals surface area contributed by atoms with Gasteiger partial charge in [-0.1, -0.05) is 13.3 Å². The fraction of sp³-hybridized carbons (Fsp3) is 0.800. The Morgan fingerprint density at radius 3 is 2.60 bits per heavy atom. The van der Waals surface area contributed by atoms with Crippen LogP contribution in [0.25, 0.3) is 0 Å². The largest absolute Gasteiger partial charge is 0.465 e. The van der Waals surface area contributed by atoms with Crippen LogP contribution in [0.1, 0.15) is 26.7 Å². The minimum atomic E-state index is -0.260. The molecule has 15 heavy (non-hydrogen) atoms. The van der Waals surface area contributed by atoms with E-state index in [1.807, 2.05) is 0 Å². The molecule has 0 fully saturated rings. The van der Waals surface area contributed by atoms with Gasteiger partial charge >= 0.3 is 5.97 Å². The molecule has 0 aliphatic rings. The van der Waals surface area contributed by atoms with Crippen molar-refractivity contribution in [3.63, 3.8) is 0 Å². The smallest absolute Gasteiger partial charge is 0.315 e. The Labute approximate surface area is 95.1 Å². The van der Waals surface area contributed by atoms with Crippen molar-refractivity contribution in [1.29, 1.82) is 0 Å². The van der Waals surface area contributed by atoms with Crippen LogP contribution >= 0.6 is 11.8 Å². The minimum Gasteiger partial charge on any atom is -0.465 e. The molecular formula is C10H19NO3S. The number of unbranched alkanes of at least 4 members (excludes halogenated alkanes) is 1. The van der Waals surface area contributed by atoms with Crippen LogP contribution in [0.4, 0.5) is 0 Å². The summed E-state index contributed by atoms with van der Waals surface area (Å²) in [6.07, 6.45) is 2.06. The lowest BCUT2D eigenvalue weighted by molar-refractivity contribution is -0.139. The zero-order valence-electron chi connectivity index (χ0n) is 9.38. The van der Waals surface area contributed by atoms with Crippen molar-refractivity contribution in [3.8, 4) is 0 Å². The molecular weight excluding hydrogens is 214 g/mol. The maximum absolute atomic E-state index is 11.2. The van der Waals surface area contributed by atoms with Gasteiger partial charge in [0.1, 0.15) is 0 Å². The second-order valence-corrected chi connectivity index (χ2v) is 3.99. The predicted molar refractivity (Wildman–Crippen MR) is 61.9 cm³/mol. The molecule has 1 amide bonds. The number of esters is 1. The average molecular weight is 233 g/mol. The molecule has 0 spiro atoms. The molecule has 0 aromatic heterocycles. The van der Waals surface area contributed by atoms with Crippen molar-refractivity contribution in [2.45, 2.75) is 26.7 Å². The Morgan fingerprint density at radius 2 is 2.00 bits per heavy atom. The first kappa shape index (κ1) is 14.3. The van der Waals surface area contributed by atoms with Gasteiger partial charge in [-0.2, -0.15) is 0 Å². The molecule has 0 bridgehead atoms. The molecule has 0 aromatic rings. The molecule has 0 unspecified atom stereocenters. The standard InChI is InChI=1S/C10H19NO3S/c1-3-5-6-11-9(12)7-15-8-10(13)14-4-2/h3-8H2,1-2H3,(H,11,12). The van der Waals surface area contributed by atoms with Crippen molar-refractivity contribution >= 4 is 23.6 Å². The van der Waals surface area contributed by atoms with E-state index >= 15 is 0 Å². The van der Waals surface area contributed by atoms with E-state index in [-0.39, 0.29) is 17.6 Å². The van der Waals surface area contributed by atoms with Crippen molar-refractivity contribution in [1.82, 2.24) is 5.32 Å². The summed E-state index contributed by atoms with van der Waals surface area (Å²) < 4.78 is 4.73. The van der Waals surface area contributed by atoms with Gasteiger partial charge in [-0.15, -0.1) is 11.8 Å². The second kappa shape index (κ2) is 9.83. The van der Waals surface area contributed by atoms with E-state index in [4.69, 9.17) is 4.74 Å². The third-order valence-corrected chi connectivity index (χ3v) is 2.52. The summed E-state index contributed by atoms with van der Waals surface area (Å²) in [5.74, 6) is 0.291. The molecule has 0 aliphatic carbocycles. The number of carbonyl (C=O) groups is 2. The number of hydrogen-bond donors (Lipinski definition) is 1. The summed E-state index contributed by atoms with van der Waals surface area (Å²) in [6, 6.07) is 0. The Hall–Kier alpha value is -0.710. The van der Waals surface area contributed by atoms with E-state index in [1.54, 1.807) is 6.92 Å². The van der Waals surface area contributed by atoms with Gasteiger partial charge in [-0.3, -0.25) is 9.59 Å². The zero-order chi connectivity index (χ0) is 11.5. The first-order chi connectivity index (χ1) is 7.20. The topological polar surface area (TPSA) is 55.4 Å². The number of nitrogens with one attached hydrogen (secondary N) is 1. The van der Waals surface area contributed by atoms with E-state index in [0.29, 0.717) is 12.4 Å².